The maximum absolute atomic E-state index is 13.0. The van der Waals surface area contributed by atoms with E-state index in [2.05, 4.69) is 4.98 Å². The molecule has 1 aromatic heterocycles. The summed E-state index contributed by atoms with van der Waals surface area (Å²) in [7, 11) is 1.34. The number of morpholine rings is 1. The van der Waals surface area contributed by atoms with E-state index in [0.29, 0.717) is 42.2 Å². The van der Waals surface area contributed by atoms with Gasteiger partial charge in [-0.3, -0.25) is 4.79 Å². The average Bonchev–Trinajstić information content (AvgIpc) is 2.95. The first-order valence-electron chi connectivity index (χ1n) is 8.26. The lowest BCUT2D eigenvalue weighted by Gasteiger charge is -2.33. The third-order valence-electron chi connectivity index (χ3n) is 4.57. The van der Waals surface area contributed by atoms with Crippen molar-refractivity contribution in [3.63, 3.8) is 0 Å². The first-order valence-corrected chi connectivity index (χ1v) is 8.26. The van der Waals surface area contributed by atoms with E-state index in [0.717, 1.165) is 5.56 Å². The first kappa shape index (κ1) is 17.2. The van der Waals surface area contributed by atoms with Gasteiger partial charge in [0.05, 0.1) is 25.8 Å². The van der Waals surface area contributed by atoms with Crippen LogP contribution in [0.5, 0.6) is 0 Å². The van der Waals surface area contributed by atoms with E-state index in [9.17, 15) is 9.59 Å². The van der Waals surface area contributed by atoms with Crippen molar-refractivity contribution in [2.75, 3.05) is 26.8 Å². The van der Waals surface area contributed by atoms with Gasteiger partial charge in [-0.2, -0.15) is 0 Å². The number of carbonyl (C=O) groups is 2. The van der Waals surface area contributed by atoms with Crippen LogP contribution in [0.4, 0.5) is 0 Å². The van der Waals surface area contributed by atoms with Gasteiger partial charge in [0, 0.05) is 12.2 Å². The summed E-state index contributed by atoms with van der Waals surface area (Å²) in [6.07, 6.45) is -0.143. The van der Waals surface area contributed by atoms with Gasteiger partial charge in [-0.05, 0) is 25.0 Å². The maximum atomic E-state index is 13.0. The van der Waals surface area contributed by atoms with Crippen LogP contribution in [0.3, 0.4) is 0 Å². The van der Waals surface area contributed by atoms with Gasteiger partial charge in [0.2, 0.25) is 0 Å². The number of aryl methyl sites for hydroxylation is 1. The summed E-state index contributed by atoms with van der Waals surface area (Å²) < 4.78 is 10.6. The minimum atomic E-state index is -0.436. The fourth-order valence-electron chi connectivity index (χ4n) is 3.23. The third-order valence-corrected chi connectivity index (χ3v) is 4.57. The molecule has 3 rings (SSSR count). The second-order valence-corrected chi connectivity index (χ2v) is 6.14. The molecule has 0 saturated carbocycles. The molecule has 0 radical (unpaired) electrons. The number of nitrogens with one attached hydrogen (secondary N) is 1. The smallest absolute Gasteiger partial charge is 0.339 e. The van der Waals surface area contributed by atoms with E-state index in [1.165, 1.54) is 7.11 Å². The molecule has 6 nitrogen and oxygen atoms in total. The van der Waals surface area contributed by atoms with Gasteiger partial charge < -0.3 is 19.4 Å². The number of aromatic nitrogens is 1. The number of amides is 1. The highest BCUT2D eigenvalue weighted by Crippen LogP contribution is 2.25. The van der Waals surface area contributed by atoms with Gasteiger partial charge in [0.1, 0.15) is 11.8 Å². The highest BCUT2D eigenvalue weighted by Gasteiger charge is 2.30. The second-order valence-electron chi connectivity index (χ2n) is 6.14. The molecule has 0 aliphatic carbocycles. The molecule has 1 saturated heterocycles. The number of benzene rings is 1. The summed E-state index contributed by atoms with van der Waals surface area (Å²) in [5.41, 5.74) is 3.18. The van der Waals surface area contributed by atoms with Crippen LogP contribution in [0.25, 0.3) is 0 Å². The van der Waals surface area contributed by atoms with Crippen molar-refractivity contribution < 1.29 is 19.1 Å². The summed E-state index contributed by atoms with van der Waals surface area (Å²) >= 11 is 0. The number of esters is 1. The van der Waals surface area contributed by atoms with E-state index < -0.39 is 5.97 Å². The van der Waals surface area contributed by atoms with Crippen LogP contribution in [-0.4, -0.2) is 48.6 Å². The van der Waals surface area contributed by atoms with Crippen LogP contribution < -0.4 is 0 Å². The number of nitrogens with zero attached hydrogens (tertiary/aromatic N) is 1. The molecule has 1 amide bonds. The zero-order valence-electron chi connectivity index (χ0n) is 14.7. The summed E-state index contributed by atoms with van der Waals surface area (Å²) in [6.45, 7) is 5.01. The largest absolute Gasteiger partial charge is 0.465 e. The normalized spacial score (nSPS) is 17.4. The Hall–Kier alpha value is -2.60. The Morgan fingerprint density at radius 1 is 1.24 bits per heavy atom. The predicted molar refractivity (Wildman–Crippen MR) is 92.6 cm³/mol. The third kappa shape index (κ3) is 3.30. The zero-order valence-corrected chi connectivity index (χ0v) is 14.7. The van der Waals surface area contributed by atoms with Gasteiger partial charge in [-0.25, -0.2) is 4.79 Å². The molecule has 0 bridgehead atoms. The minimum absolute atomic E-state index is 0.125. The Balaban J connectivity index is 1.82. The van der Waals surface area contributed by atoms with E-state index in [-0.39, 0.29) is 12.0 Å². The van der Waals surface area contributed by atoms with Crippen molar-refractivity contribution in [2.24, 2.45) is 0 Å². The molecule has 6 heteroatoms. The number of methoxy groups -OCH3 is 1. The molecule has 1 aliphatic heterocycles. The molecule has 1 atom stereocenters. The fraction of sp³-hybridized carbons (Fsp3) is 0.368. The molecular weight excluding hydrogens is 320 g/mol. The zero-order chi connectivity index (χ0) is 18.0. The standard InChI is InChI=1S/C19H22N2O4/c1-12-16(19(23)24-3)13(2)20-17(12)18(22)21-9-10-25-15(11-21)14-7-5-4-6-8-14/h4-8,15,20H,9-11H2,1-3H3/t15-/m1/s1. The van der Waals surface area contributed by atoms with Crippen LogP contribution in [-0.2, 0) is 9.47 Å². The van der Waals surface area contributed by atoms with Crippen molar-refractivity contribution in [2.45, 2.75) is 20.0 Å². The van der Waals surface area contributed by atoms with Gasteiger partial charge in [0.15, 0.2) is 0 Å². The highest BCUT2D eigenvalue weighted by atomic mass is 16.5. The molecular formula is C19H22N2O4. The van der Waals surface area contributed by atoms with Gasteiger partial charge in [-0.15, -0.1) is 0 Å². The van der Waals surface area contributed by atoms with Crippen LogP contribution >= 0.6 is 0 Å². The molecule has 1 aliphatic rings. The predicted octanol–water partition coefficient (Wildman–Crippen LogP) is 2.63. The Labute approximate surface area is 146 Å². The van der Waals surface area contributed by atoms with Crippen LogP contribution in [0.15, 0.2) is 30.3 Å². The maximum Gasteiger partial charge on any atom is 0.339 e. The Bertz CT molecular complexity index is 782. The number of rotatable bonds is 3. The molecule has 2 heterocycles. The summed E-state index contributed by atoms with van der Waals surface area (Å²) in [5.74, 6) is -0.561. The fourth-order valence-corrected chi connectivity index (χ4v) is 3.23. The average molecular weight is 342 g/mol. The Morgan fingerprint density at radius 3 is 2.64 bits per heavy atom. The van der Waals surface area contributed by atoms with Gasteiger partial charge >= 0.3 is 5.97 Å². The molecule has 0 unspecified atom stereocenters. The van der Waals surface area contributed by atoms with E-state index >= 15 is 0 Å². The highest BCUT2D eigenvalue weighted by molar-refractivity contribution is 6.00. The van der Waals surface area contributed by atoms with Gasteiger partial charge in [0.25, 0.3) is 5.91 Å². The molecule has 1 N–H and O–H groups in total. The lowest BCUT2D eigenvalue weighted by Crippen LogP contribution is -2.42. The Morgan fingerprint density at radius 2 is 1.96 bits per heavy atom. The monoisotopic (exact) mass is 342 g/mol. The van der Waals surface area contributed by atoms with E-state index in [4.69, 9.17) is 9.47 Å². The number of ether oxygens (including phenoxy) is 2. The van der Waals surface area contributed by atoms with Crippen molar-refractivity contribution >= 4 is 11.9 Å². The first-order chi connectivity index (χ1) is 12.0. The van der Waals surface area contributed by atoms with Crippen LogP contribution in [0.1, 0.15) is 43.8 Å². The second kappa shape index (κ2) is 7.11. The quantitative estimate of drug-likeness (QED) is 0.871. The number of carbonyl (C=O) groups excluding carboxylic acids is 2. The molecule has 1 fully saturated rings. The van der Waals surface area contributed by atoms with Crippen molar-refractivity contribution in [3.05, 3.63) is 58.4 Å². The van der Waals surface area contributed by atoms with Crippen LogP contribution in [0.2, 0.25) is 0 Å². The minimum Gasteiger partial charge on any atom is -0.465 e. The SMILES string of the molecule is COC(=O)c1c(C)[nH]c(C(=O)N2CCO[C@@H](c3ccccc3)C2)c1C. The lowest BCUT2D eigenvalue weighted by atomic mass is 10.1. The summed E-state index contributed by atoms with van der Waals surface area (Å²) in [5, 5.41) is 0. The molecule has 132 valence electrons. The van der Waals surface area contributed by atoms with Crippen molar-refractivity contribution in [3.8, 4) is 0 Å². The molecule has 25 heavy (non-hydrogen) atoms. The van der Waals surface area contributed by atoms with Crippen molar-refractivity contribution in [1.29, 1.82) is 0 Å². The summed E-state index contributed by atoms with van der Waals surface area (Å²) in [6, 6.07) is 9.87. The van der Waals surface area contributed by atoms with Crippen molar-refractivity contribution in [1.82, 2.24) is 9.88 Å². The number of H-pyrrole nitrogens is 1. The van der Waals surface area contributed by atoms with Gasteiger partial charge in [-0.1, -0.05) is 30.3 Å². The van der Waals surface area contributed by atoms with Crippen LogP contribution in [0, 0.1) is 13.8 Å². The molecule has 1 aromatic carbocycles. The number of hydrogen-bond acceptors (Lipinski definition) is 4. The topological polar surface area (TPSA) is 71.6 Å². The molecule has 2 aromatic rings. The summed E-state index contributed by atoms with van der Waals surface area (Å²) in [4.78, 5) is 29.7. The molecule has 0 spiro atoms. The lowest BCUT2D eigenvalue weighted by molar-refractivity contribution is -0.0230. The number of aromatic amines is 1. The van der Waals surface area contributed by atoms with E-state index in [1.807, 2.05) is 30.3 Å². The Kier molecular flexibility index (Phi) is 4.90. The number of hydrogen-bond donors (Lipinski definition) is 1. The van der Waals surface area contributed by atoms with E-state index in [1.54, 1.807) is 18.7 Å².